The minimum Gasteiger partial charge on any atom is -0.299 e. The third-order valence-electron chi connectivity index (χ3n) is 5.97. The molecular weight excluding hydrogens is 438 g/mol. The van der Waals surface area contributed by atoms with E-state index < -0.39 is 10.0 Å². The fourth-order valence-corrected chi connectivity index (χ4v) is 5.19. The van der Waals surface area contributed by atoms with Gasteiger partial charge in [-0.15, -0.1) is 0 Å². The lowest BCUT2D eigenvalue weighted by Crippen LogP contribution is -2.32. The first kappa shape index (κ1) is 23.1. The van der Waals surface area contributed by atoms with E-state index in [4.69, 9.17) is 5.21 Å². The molecule has 0 saturated heterocycles. The highest BCUT2D eigenvalue weighted by molar-refractivity contribution is 7.89. The maximum atomic E-state index is 12.6. The number of unbranched alkanes of at least 4 members (excludes halogenated alkanes) is 1. The van der Waals surface area contributed by atoms with Crippen molar-refractivity contribution in [2.24, 2.45) is 0 Å². The van der Waals surface area contributed by atoms with E-state index in [9.17, 15) is 13.3 Å². The van der Waals surface area contributed by atoms with Crippen molar-refractivity contribution in [3.8, 4) is 11.1 Å². The summed E-state index contributed by atoms with van der Waals surface area (Å²) in [7, 11) is -3.54. The Balaban J connectivity index is 1.24. The maximum Gasteiger partial charge on any atom is 0.316 e. The Bertz CT molecular complexity index is 1210. The molecule has 0 unspecified atom stereocenters. The lowest BCUT2D eigenvalue weighted by atomic mass is 9.99. The first-order valence-corrected chi connectivity index (χ1v) is 12.6. The summed E-state index contributed by atoms with van der Waals surface area (Å²) in [6.45, 7) is 2.87. The number of fused-ring (bicyclic) bond motifs is 1. The highest BCUT2D eigenvalue weighted by Crippen LogP contribution is 2.24. The summed E-state index contributed by atoms with van der Waals surface area (Å²) in [4.78, 5) is 13.6. The summed E-state index contributed by atoms with van der Waals surface area (Å²) in [5.74, 6) is 0. The zero-order valence-corrected chi connectivity index (χ0v) is 19.2. The summed E-state index contributed by atoms with van der Waals surface area (Å²) in [5, 5.41) is 9.11. The molecule has 3 aromatic rings. The van der Waals surface area contributed by atoms with E-state index in [0.29, 0.717) is 6.54 Å². The molecule has 0 aromatic heterocycles. The molecule has 0 radical (unpaired) electrons. The van der Waals surface area contributed by atoms with E-state index in [0.717, 1.165) is 55.6 Å². The Morgan fingerprint density at radius 2 is 1.64 bits per heavy atom. The van der Waals surface area contributed by atoms with Gasteiger partial charge in [0.05, 0.1) is 9.80 Å². The average molecular weight is 467 g/mol. The van der Waals surface area contributed by atoms with Crippen LogP contribution in [0.25, 0.3) is 11.1 Å². The van der Waals surface area contributed by atoms with Crippen LogP contribution in [0.3, 0.4) is 0 Å². The molecule has 0 spiro atoms. The monoisotopic (exact) mass is 466 g/mol. The molecule has 33 heavy (non-hydrogen) atoms. The minimum absolute atomic E-state index is 0.111. The lowest BCUT2D eigenvalue weighted by Gasteiger charge is -2.28. The molecule has 1 aliphatic heterocycles. The summed E-state index contributed by atoms with van der Waals surface area (Å²) in [6.07, 6.45) is 2.49. The summed E-state index contributed by atoms with van der Waals surface area (Å²) < 4.78 is 27.9. The molecule has 4 rings (SSSR count). The van der Waals surface area contributed by atoms with Crippen molar-refractivity contribution in [3.63, 3.8) is 0 Å². The van der Waals surface area contributed by atoms with Crippen LogP contribution in [0.15, 0.2) is 77.7 Å². The first-order valence-electron chi connectivity index (χ1n) is 11.1. The van der Waals surface area contributed by atoms with Gasteiger partial charge in [-0.1, -0.05) is 48.5 Å². The molecule has 7 nitrogen and oxygen atoms in total. The predicted molar refractivity (Wildman–Crippen MR) is 127 cm³/mol. The van der Waals surface area contributed by atoms with Gasteiger partial charge in [0.2, 0.25) is 10.0 Å². The van der Waals surface area contributed by atoms with Gasteiger partial charge < -0.3 is 0 Å². The fraction of sp³-hybridized carbons (Fsp3) is 0.280. The number of benzene rings is 3. The number of sulfonamides is 1. The third-order valence-corrected chi connectivity index (χ3v) is 7.44. The maximum absolute atomic E-state index is 12.6. The predicted octanol–water partition coefficient (Wildman–Crippen LogP) is 4.27. The quantitative estimate of drug-likeness (QED) is 0.363. The van der Waals surface area contributed by atoms with Gasteiger partial charge >= 0.3 is 5.69 Å². The van der Waals surface area contributed by atoms with E-state index in [1.54, 1.807) is 24.3 Å². The zero-order valence-electron chi connectivity index (χ0n) is 18.4. The van der Waals surface area contributed by atoms with Crippen LogP contribution in [-0.2, 0) is 23.0 Å². The van der Waals surface area contributed by atoms with Crippen LogP contribution < -0.4 is 4.72 Å². The van der Waals surface area contributed by atoms with Crippen LogP contribution in [0.4, 0.5) is 5.69 Å². The molecule has 1 aliphatic rings. The van der Waals surface area contributed by atoms with Crippen LogP contribution in [0.2, 0.25) is 0 Å². The zero-order chi connectivity index (χ0) is 23.3. The largest absolute Gasteiger partial charge is 0.316 e. The van der Waals surface area contributed by atoms with Crippen LogP contribution in [0.5, 0.6) is 0 Å². The van der Waals surface area contributed by atoms with Crippen molar-refractivity contribution in [2.45, 2.75) is 30.7 Å². The van der Waals surface area contributed by atoms with Crippen molar-refractivity contribution in [3.05, 3.63) is 88.8 Å². The smallest absolute Gasteiger partial charge is 0.299 e. The van der Waals surface area contributed by atoms with Crippen LogP contribution in [0.1, 0.15) is 24.0 Å². The summed E-state index contributed by atoms with van der Waals surface area (Å²) in [5.41, 5.74) is 4.51. The van der Waals surface area contributed by atoms with E-state index in [1.807, 2.05) is 48.5 Å². The fourth-order valence-electron chi connectivity index (χ4n) is 4.12. The molecule has 3 aromatic carbocycles. The van der Waals surface area contributed by atoms with Crippen LogP contribution >= 0.6 is 0 Å². The highest BCUT2D eigenvalue weighted by Gasteiger charge is 2.20. The van der Waals surface area contributed by atoms with Crippen molar-refractivity contribution < 1.29 is 18.5 Å². The Morgan fingerprint density at radius 1 is 0.909 bits per heavy atom. The molecular formula is C25H28N3O4S+. The number of hydrogen-bond donors (Lipinski definition) is 2. The Labute approximate surface area is 194 Å². The van der Waals surface area contributed by atoms with Gasteiger partial charge in [0, 0.05) is 31.8 Å². The Morgan fingerprint density at radius 3 is 2.36 bits per heavy atom. The van der Waals surface area contributed by atoms with Crippen LogP contribution in [0, 0.1) is 4.91 Å². The second kappa shape index (κ2) is 10.2. The van der Waals surface area contributed by atoms with Gasteiger partial charge in [-0.2, -0.15) is 0 Å². The van der Waals surface area contributed by atoms with E-state index in [-0.39, 0.29) is 15.5 Å². The second-order valence-electron chi connectivity index (χ2n) is 8.25. The van der Waals surface area contributed by atoms with Gasteiger partial charge in [-0.05, 0) is 60.2 Å². The second-order valence-corrected chi connectivity index (χ2v) is 10.0. The number of nitrogens with zero attached hydrogens (tertiary/aromatic N) is 2. The first-order chi connectivity index (χ1) is 15.9. The minimum atomic E-state index is -3.54. The van der Waals surface area contributed by atoms with Gasteiger partial charge in [0.15, 0.2) is 0 Å². The lowest BCUT2D eigenvalue weighted by molar-refractivity contribution is -0.729. The van der Waals surface area contributed by atoms with Gasteiger partial charge in [-0.3, -0.25) is 4.90 Å². The highest BCUT2D eigenvalue weighted by atomic mass is 32.2. The van der Waals surface area contributed by atoms with E-state index in [2.05, 4.69) is 9.62 Å². The number of hydrogen-bond acceptors (Lipinski definition) is 4. The van der Waals surface area contributed by atoms with Crippen molar-refractivity contribution in [1.29, 1.82) is 0 Å². The SMILES string of the molecule is O=[N+](O)c1ccc2c(c1)CN(CCCCNS(=O)(=O)c1ccc(-c3ccccc3)cc1)CC2. The van der Waals surface area contributed by atoms with Crippen molar-refractivity contribution >= 4 is 15.7 Å². The molecule has 0 bridgehead atoms. The molecule has 0 amide bonds. The Kier molecular flexibility index (Phi) is 7.17. The van der Waals surface area contributed by atoms with E-state index in [1.165, 1.54) is 5.56 Å². The summed E-state index contributed by atoms with van der Waals surface area (Å²) in [6, 6.07) is 22.0. The van der Waals surface area contributed by atoms with Crippen molar-refractivity contribution in [2.75, 3.05) is 19.6 Å². The molecule has 0 fully saturated rings. The molecule has 2 N–H and O–H groups in total. The number of nitrogens with one attached hydrogen (secondary N) is 1. The standard InChI is InChI=1S/C25H28N3O4S/c29-28(30)24-11-8-22-14-17-27(19-23(22)18-24)16-5-4-15-26-33(31,32)25-12-9-21(10-13-25)20-6-2-1-3-7-20/h1-3,6-13,18,26H,4-5,14-17,19H2,(H,29,30)/q+1. The van der Waals surface area contributed by atoms with Gasteiger partial charge in [0.1, 0.15) is 0 Å². The third kappa shape index (κ3) is 5.84. The summed E-state index contributed by atoms with van der Waals surface area (Å²) >= 11 is 0. The molecule has 0 atom stereocenters. The molecule has 172 valence electrons. The Hall–Kier alpha value is -3.07. The molecule has 1 heterocycles. The average Bonchev–Trinajstić information content (AvgIpc) is 2.84. The molecule has 0 saturated carbocycles. The van der Waals surface area contributed by atoms with Crippen LogP contribution in [-0.4, -0.2) is 43.1 Å². The number of rotatable bonds is 9. The van der Waals surface area contributed by atoms with E-state index >= 15 is 0 Å². The normalized spacial score (nSPS) is 14.1. The van der Waals surface area contributed by atoms with Gasteiger partial charge in [-0.25, -0.2) is 18.3 Å². The molecule has 0 aliphatic carbocycles. The van der Waals surface area contributed by atoms with Gasteiger partial charge in [0.25, 0.3) is 4.92 Å². The topological polar surface area (TPSA) is 89.7 Å². The molecule has 8 heteroatoms. The van der Waals surface area contributed by atoms with Crippen molar-refractivity contribution in [1.82, 2.24) is 9.62 Å².